The molecule has 0 aliphatic carbocycles. The molecule has 0 saturated carbocycles. The summed E-state index contributed by atoms with van der Waals surface area (Å²) < 4.78 is 13.4. The van der Waals surface area contributed by atoms with Gasteiger partial charge in [0.05, 0.1) is 0 Å². The number of unbranched alkanes of at least 4 members (excludes halogenated alkanes) is 6. The molecule has 0 saturated heterocycles. The third kappa shape index (κ3) is 12.2. The Hall–Kier alpha value is 1.34. The molecular weight excluding hydrogens is 562 g/mol. The molecule has 0 amide bonds. The summed E-state index contributed by atoms with van der Waals surface area (Å²) in [6.45, 7) is 19.5. The number of hydrogen-bond donors (Lipinski definition) is 0. The van der Waals surface area contributed by atoms with Crippen molar-refractivity contribution >= 4 is 36.8 Å². The number of allylic oxidation sites excluding steroid dienone is 1. The van der Waals surface area contributed by atoms with Gasteiger partial charge in [0.25, 0.3) is 0 Å². The summed E-state index contributed by atoms with van der Waals surface area (Å²) in [6.07, 6.45) is 17.4. The van der Waals surface area contributed by atoms with Gasteiger partial charge in [-0.15, -0.1) is 0 Å². The van der Waals surface area contributed by atoms with Gasteiger partial charge in [-0.3, -0.25) is 0 Å². The zero-order chi connectivity index (χ0) is 22.0. The summed E-state index contributed by atoms with van der Waals surface area (Å²) in [4.78, 5) is 0. The number of rotatable bonds is 21. The standard InChI is InChI=1S/6C4H9.C3H4.2Sn/c6*1-3-4-2;1-3-2;;/h6*1,3-4H2,2H3;1-2H2;;. The van der Waals surface area contributed by atoms with E-state index in [1.165, 1.54) is 77.0 Å². The second-order valence-electron chi connectivity index (χ2n) is 10.2. The molecule has 0 rings (SSSR count). The molecule has 0 heterocycles. The Morgan fingerprint density at radius 1 is 0.483 bits per heavy atom. The first-order valence-electron chi connectivity index (χ1n) is 13.7. The summed E-state index contributed by atoms with van der Waals surface area (Å²) in [5.74, 6) is 0. The molecule has 174 valence electrons. The van der Waals surface area contributed by atoms with E-state index in [9.17, 15) is 0 Å². The van der Waals surface area contributed by atoms with E-state index in [4.69, 9.17) is 6.58 Å². The first kappa shape index (κ1) is 30.3. The molecule has 0 aromatic heterocycles. The van der Waals surface area contributed by atoms with Crippen molar-refractivity contribution in [3.05, 3.63) is 10.2 Å². The van der Waals surface area contributed by atoms with Gasteiger partial charge in [-0.25, -0.2) is 0 Å². The fraction of sp³-hybridized carbons (Fsp3) is 0.926. The summed E-state index contributed by atoms with van der Waals surface area (Å²) in [5.41, 5.74) is 0. The van der Waals surface area contributed by atoms with E-state index < -0.39 is 36.8 Å². The van der Waals surface area contributed by atoms with Gasteiger partial charge >= 0.3 is 197 Å². The Morgan fingerprint density at radius 3 is 1.03 bits per heavy atom. The van der Waals surface area contributed by atoms with Crippen molar-refractivity contribution in [2.75, 3.05) is 0 Å². The quantitative estimate of drug-likeness (QED) is 0.112. The van der Waals surface area contributed by atoms with Gasteiger partial charge in [0.1, 0.15) is 0 Å². The molecule has 0 bridgehead atoms. The van der Waals surface area contributed by atoms with Crippen LogP contribution in [0.15, 0.2) is 10.2 Å². The van der Waals surface area contributed by atoms with Crippen molar-refractivity contribution < 1.29 is 0 Å². The van der Waals surface area contributed by atoms with Gasteiger partial charge in [0.15, 0.2) is 0 Å². The molecule has 0 unspecified atom stereocenters. The van der Waals surface area contributed by atoms with Crippen LogP contribution in [-0.2, 0) is 0 Å². The summed E-state index contributed by atoms with van der Waals surface area (Å²) in [6, 6.07) is 0. The van der Waals surface area contributed by atoms with Gasteiger partial charge in [-0.2, -0.15) is 0 Å². The zero-order valence-corrected chi connectivity index (χ0v) is 27.4. The van der Waals surface area contributed by atoms with Gasteiger partial charge < -0.3 is 0 Å². The predicted octanol–water partition coefficient (Wildman–Crippen LogP) is 10.8. The van der Waals surface area contributed by atoms with Crippen LogP contribution in [0.3, 0.4) is 0 Å². The van der Waals surface area contributed by atoms with Crippen LogP contribution in [0.1, 0.15) is 119 Å². The van der Waals surface area contributed by atoms with E-state index in [0.29, 0.717) is 0 Å². The molecule has 2 heteroatoms. The summed E-state index contributed by atoms with van der Waals surface area (Å²) >= 11 is -4.35. The van der Waals surface area contributed by atoms with Crippen LogP contribution in [0.25, 0.3) is 0 Å². The molecule has 0 nitrogen and oxygen atoms in total. The zero-order valence-electron chi connectivity index (χ0n) is 21.6. The maximum atomic E-state index is 5.04. The summed E-state index contributed by atoms with van der Waals surface area (Å²) in [7, 11) is 0. The van der Waals surface area contributed by atoms with Crippen molar-refractivity contribution in [3.8, 4) is 0 Å². The van der Waals surface area contributed by atoms with Crippen LogP contribution >= 0.6 is 0 Å². The van der Waals surface area contributed by atoms with Crippen LogP contribution in [0, 0.1) is 0 Å². The molecule has 0 aromatic rings. The Balaban J connectivity index is 5.75. The van der Waals surface area contributed by atoms with Crippen LogP contribution in [-0.4, -0.2) is 36.8 Å². The van der Waals surface area contributed by atoms with Gasteiger partial charge in [0, 0.05) is 0 Å². The molecule has 0 atom stereocenters. The topological polar surface area (TPSA) is 0 Å². The summed E-state index contributed by atoms with van der Waals surface area (Å²) in [5, 5.41) is 0. The molecule has 0 fully saturated rings. The van der Waals surface area contributed by atoms with Crippen LogP contribution in [0.4, 0.5) is 0 Å². The molecule has 0 radical (unpaired) electrons. The third-order valence-corrected chi connectivity index (χ3v) is 41.9. The third-order valence-electron chi connectivity index (χ3n) is 7.55. The van der Waals surface area contributed by atoms with E-state index >= 15 is 0 Å². The van der Waals surface area contributed by atoms with E-state index in [1.54, 1.807) is 31.1 Å². The van der Waals surface area contributed by atoms with Crippen LogP contribution in [0.2, 0.25) is 31.1 Å². The van der Waals surface area contributed by atoms with Crippen molar-refractivity contribution in [3.63, 3.8) is 0 Å². The van der Waals surface area contributed by atoms with E-state index in [0.717, 1.165) is 0 Å². The minimum absolute atomic E-state index is 1.39. The Labute approximate surface area is 195 Å². The minimum atomic E-state index is -2.25. The normalized spacial score (nSPS) is 12.5. The SMILES string of the molecule is C=[C]([CH2][Sn]([CH2]CCC)([CH2]CCC)[CH2]CCC)[Sn]([CH2]CCC)([CH2]CCC)[CH2]CCC. The molecule has 29 heavy (non-hydrogen) atoms. The van der Waals surface area contributed by atoms with Crippen molar-refractivity contribution in [2.45, 2.75) is 150 Å². The van der Waals surface area contributed by atoms with E-state index in [2.05, 4.69) is 41.5 Å². The van der Waals surface area contributed by atoms with E-state index in [1.807, 2.05) is 3.59 Å². The fourth-order valence-electron chi connectivity index (χ4n) is 5.39. The van der Waals surface area contributed by atoms with Crippen molar-refractivity contribution in [1.29, 1.82) is 0 Å². The average Bonchev–Trinajstić information content (AvgIpc) is 2.74. The second kappa shape index (κ2) is 18.9. The Bertz CT molecular complexity index is 344. The molecule has 0 aromatic carbocycles. The fourth-order valence-corrected chi connectivity index (χ4v) is 50.5. The van der Waals surface area contributed by atoms with Crippen LogP contribution < -0.4 is 0 Å². The number of hydrogen-bond acceptors (Lipinski definition) is 0. The average molecular weight is 620 g/mol. The van der Waals surface area contributed by atoms with Crippen molar-refractivity contribution in [2.24, 2.45) is 0 Å². The predicted molar refractivity (Wildman–Crippen MR) is 144 cm³/mol. The van der Waals surface area contributed by atoms with Crippen molar-refractivity contribution in [1.82, 2.24) is 0 Å². The maximum absolute atomic E-state index is 5.04. The van der Waals surface area contributed by atoms with Gasteiger partial charge in [0.2, 0.25) is 0 Å². The van der Waals surface area contributed by atoms with E-state index in [-0.39, 0.29) is 0 Å². The molecular formula is C27H58Sn2. The van der Waals surface area contributed by atoms with Gasteiger partial charge in [-0.1, -0.05) is 0 Å². The van der Waals surface area contributed by atoms with Crippen LogP contribution in [0.5, 0.6) is 0 Å². The van der Waals surface area contributed by atoms with Gasteiger partial charge in [-0.05, 0) is 0 Å². The molecule has 0 aliphatic heterocycles. The molecule has 0 spiro atoms. The Kier molecular flexibility index (Phi) is 19.7. The molecule has 0 aliphatic rings. The Morgan fingerprint density at radius 2 is 0.759 bits per heavy atom. The monoisotopic (exact) mass is 622 g/mol. The second-order valence-corrected chi connectivity index (χ2v) is 37.6. The molecule has 0 N–H and O–H groups in total. The first-order valence-corrected chi connectivity index (χ1v) is 29.2. The first-order chi connectivity index (χ1) is 14.0.